The molecule has 216 valence electrons. The Bertz CT molecular complexity index is 1460. The van der Waals surface area contributed by atoms with Crippen LogP contribution in [0.15, 0.2) is 42.6 Å². The molecule has 1 saturated heterocycles. The highest BCUT2D eigenvalue weighted by atomic mass is 32.1. The summed E-state index contributed by atoms with van der Waals surface area (Å²) >= 11 is 1.49. The summed E-state index contributed by atoms with van der Waals surface area (Å²) in [5.74, 6) is -3.10. The number of nitriles is 1. The first-order valence-electron chi connectivity index (χ1n) is 13.0. The highest BCUT2D eigenvalue weighted by Crippen LogP contribution is 2.37. The molecule has 0 unspecified atom stereocenters. The van der Waals surface area contributed by atoms with E-state index in [1.54, 1.807) is 18.3 Å². The van der Waals surface area contributed by atoms with Crippen molar-refractivity contribution < 1.29 is 37.3 Å². The van der Waals surface area contributed by atoms with Gasteiger partial charge in [-0.3, -0.25) is 4.90 Å². The summed E-state index contributed by atoms with van der Waals surface area (Å²) in [4.78, 5) is 38.6. The lowest BCUT2D eigenvalue weighted by Crippen LogP contribution is -2.38. The summed E-state index contributed by atoms with van der Waals surface area (Å²) in [5, 5.41) is 10.3. The number of nitrogens with zero attached hydrogens (tertiary/aromatic N) is 3. The fourth-order valence-electron chi connectivity index (χ4n) is 4.75. The third-order valence-corrected chi connectivity index (χ3v) is 7.63. The fourth-order valence-corrected chi connectivity index (χ4v) is 5.72. The van der Waals surface area contributed by atoms with Crippen molar-refractivity contribution in [2.24, 2.45) is 0 Å². The SMILES string of the molecule is CCc1c(CN2CCC[C@H]2C(=O)OOC(=O)C(F)(F)F)cccc1-c1cnc(-c2ccc(OC(C)C)c(C#N)c2)s1. The molecule has 0 N–H and O–H groups in total. The standard InChI is InChI=1S/C29H28F3N3O5S/c1-4-21-19(16-35-12-6-9-23(35)27(36)39-40-28(37)29(30,31)32)7-5-8-22(21)25-15-34-26(41-25)18-10-11-24(38-17(2)3)20(13-18)14-33/h5,7-8,10-11,13,15,17,23H,4,6,9,12,16H2,1-3H3/t23-/m0/s1. The molecule has 1 atom stereocenters. The Morgan fingerprint density at radius 1 is 1.22 bits per heavy atom. The zero-order valence-corrected chi connectivity index (χ0v) is 23.5. The van der Waals surface area contributed by atoms with E-state index in [0.29, 0.717) is 43.7 Å². The van der Waals surface area contributed by atoms with Crippen molar-refractivity contribution in [3.8, 4) is 32.8 Å². The van der Waals surface area contributed by atoms with Crippen molar-refractivity contribution in [3.63, 3.8) is 0 Å². The van der Waals surface area contributed by atoms with Crippen LogP contribution in [0.1, 0.15) is 50.3 Å². The molecule has 1 aromatic heterocycles. The van der Waals surface area contributed by atoms with Crippen LogP contribution in [0, 0.1) is 11.3 Å². The van der Waals surface area contributed by atoms with Crippen molar-refractivity contribution >= 4 is 23.3 Å². The van der Waals surface area contributed by atoms with E-state index < -0.39 is 24.2 Å². The Morgan fingerprint density at radius 3 is 2.68 bits per heavy atom. The highest BCUT2D eigenvalue weighted by molar-refractivity contribution is 7.18. The van der Waals surface area contributed by atoms with Gasteiger partial charge < -0.3 is 4.74 Å². The Labute approximate surface area is 239 Å². The van der Waals surface area contributed by atoms with Crippen molar-refractivity contribution in [2.45, 2.75) is 64.9 Å². The second-order valence-corrected chi connectivity index (χ2v) is 10.7. The molecular weight excluding hydrogens is 559 g/mol. The van der Waals surface area contributed by atoms with Gasteiger partial charge in [-0.25, -0.2) is 24.3 Å². The molecule has 4 rings (SSSR count). The van der Waals surface area contributed by atoms with Gasteiger partial charge in [0.1, 0.15) is 22.9 Å². The Morgan fingerprint density at radius 2 is 2.00 bits per heavy atom. The third kappa shape index (κ3) is 7.04. The zero-order valence-electron chi connectivity index (χ0n) is 22.7. The van der Waals surface area contributed by atoms with Gasteiger partial charge in [0.15, 0.2) is 0 Å². The number of aromatic nitrogens is 1. The first kappa shape index (κ1) is 30.0. The van der Waals surface area contributed by atoms with Gasteiger partial charge in [-0.1, -0.05) is 25.1 Å². The van der Waals surface area contributed by atoms with Crippen LogP contribution in [0.3, 0.4) is 0 Å². The van der Waals surface area contributed by atoms with Crippen LogP contribution >= 0.6 is 11.3 Å². The van der Waals surface area contributed by atoms with Crippen molar-refractivity contribution in [1.29, 1.82) is 5.26 Å². The first-order chi connectivity index (χ1) is 19.5. The van der Waals surface area contributed by atoms with Gasteiger partial charge in [0.2, 0.25) is 0 Å². The monoisotopic (exact) mass is 587 g/mol. The molecule has 0 spiro atoms. The average Bonchev–Trinajstić information content (AvgIpc) is 3.61. The van der Waals surface area contributed by atoms with Crippen molar-refractivity contribution in [1.82, 2.24) is 9.88 Å². The van der Waals surface area contributed by atoms with E-state index in [9.17, 15) is 28.0 Å². The van der Waals surface area contributed by atoms with Crippen LogP contribution in [0.4, 0.5) is 13.2 Å². The minimum absolute atomic E-state index is 0.0624. The molecule has 1 aliphatic rings. The number of hydrogen-bond acceptors (Lipinski definition) is 9. The Kier molecular flexibility index (Phi) is 9.30. The van der Waals surface area contributed by atoms with Crippen LogP contribution in [-0.2, 0) is 32.3 Å². The Balaban J connectivity index is 1.53. The number of benzene rings is 2. The number of likely N-dealkylation sites (tertiary alicyclic amines) is 1. The summed E-state index contributed by atoms with van der Waals surface area (Å²) in [6.07, 6.45) is -1.84. The number of ether oxygens (including phenoxy) is 1. The minimum Gasteiger partial charge on any atom is -0.490 e. The Hall–Kier alpha value is -3.95. The molecule has 0 bridgehead atoms. The molecular formula is C29H28F3N3O5S. The summed E-state index contributed by atoms with van der Waals surface area (Å²) in [5.41, 5.74) is 4.20. The molecule has 0 saturated carbocycles. The lowest BCUT2D eigenvalue weighted by Gasteiger charge is -2.24. The lowest BCUT2D eigenvalue weighted by molar-refractivity contribution is -0.287. The largest absolute Gasteiger partial charge is 0.495 e. The summed E-state index contributed by atoms with van der Waals surface area (Å²) in [6, 6.07) is 12.6. The maximum atomic E-state index is 12.4. The van der Waals surface area contributed by atoms with Crippen LogP contribution in [0.5, 0.6) is 5.75 Å². The zero-order chi connectivity index (χ0) is 29.7. The number of halogens is 3. The van der Waals surface area contributed by atoms with E-state index >= 15 is 0 Å². The first-order valence-corrected chi connectivity index (χ1v) is 13.8. The predicted octanol–water partition coefficient (Wildman–Crippen LogP) is 6.23. The highest BCUT2D eigenvalue weighted by Gasteiger charge is 2.44. The summed E-state index contributed by atoms with van der Waals surface area (Å²) < 4.78 is 42.9. The fraction of sp³-hybridized carbons (Fsp3) is 0.379. The van der Waals surface area contributed by atoms with Crippen LogP contribution in [0.25, 0.3) is 21.0 Å². The smallest absolute Gasteiger partial charge is 0.490 e. The number of alkyl halides is 3. The van der Waals surface area contributed by atoms with E-state index in [0.717, 1.165) is 32.1 Å². The molecule has 2 aromatic carbocycles. The molecule has 0 amide bonds. The molecule has 8 nitrogen and oxygen atoms in total. The van der Waals surface area contributed by atoms with E-state index in [1.807, 2.05) is 49.9 Å². The summed E-state index contributed by atoms with van der Waals surface area (Å²) in [6.45, 7) is 6.70. The molecule has 12 heteroatoms. The van der Waals surface area contributed by atoms with Crippen molar-refractivity contribution in [3.05, 3.63) is 59.3 Å². The average molecular weight is 588 g/mol. The van der Waals surface area contributed by atoms with Crippen LogP contribution in [0.2, 0.25) is 0 Å². The molecule has 3 aromatic rings. The number of carbonyl (C=O) groups is 2. The van der Waals surface area contributed by atoms with Gasteiger partial charge in [-0.2, -0.15) is 18.4 Å². The molecule has 0 radical (unpaired) electrons. The third-order valence-electron chi connectivity index (χ3n) is 6.55. The number of carbonyl (C=O) groups excluding carboxylic acids is 2. The van der Waals surface area contributed by atoms with Gasteiger partial charge in [0.05, 0.1) is 16.5 Å². The second kappa shape index (κ2) is 12.7. The topological polar surface area (TPSA) is 102 Å². The van der Waals surface area contributed by atoms with Gasteiger partial charge in [0, 0.05) is 18.3 Å². The molecule has 0 aliphatic carbocycles. The van der Waals surface area contributed by atoms with E-state index in [-0.39, 0.29) is 6.10 Å². The molecule has 1 aliphatic heterocycles. The molecule has 2 heterocycles. The van der Waals surface area contributed by atoms with Crippen molar-refractivity contribution in [2.75, 3.05) is 6.54 Å². The maximum absolute atomic E-state index is 12.4. The van der Waals surface area contributed by atoms with Gasteiger partial charge in [0.25, 0.3) is 0 Å². The van der Waals surface area contributed by atoms with Crippen LogP contribution < -0.4 is 4.74 Å². The van der Waals surface area contributed by atoms with Gasteiger partial charge in [-0.05, 0) is 74.5 Å². The van der Waals surface area contributed by atoms with Gasteiger partial charge in [-0.15, -0.1) is 11.3 Å². The van der Waals surface area contributed by atoms with E-state index in [4.69, 9.17) is 4.74 Å². The van der Waals surface area contributed by atoms with E-state index in [1.165, 1.54) is 11.3 Å². The number of hydrogen-bond donors (Lipinski definition) is 0. The van der Waals surface area contributed by atoms with E-state index in [2.05, 4.69) is 20.8 Å². The number of thiazole rings is 1. The minimum atomic E-state index is -5.26. The number of rotatable bonds is 8. The summed E-state index contributed by atoms with van der Waals surface area (Å²) in [7, 11) is 0. The molecule has 1 fully saturated rings. The predicted molar refractivity (Wildman–Crippen MR) is 145 cm³/mol. The lowest BCUT2D eigenvalue weighted by atomic mass is 9.97. The normalized spacial score (nSPS) is 15.5. The quantitative estimate of drug-likeness (QED) is 0.226. The maximum Gasteiger partial charge on any atom is 0.495 e. The van der Waals surface area contributed by atoms with Crippen LogP contribution in [-0.4, -0.2) is 46.7 Å². The second-order valence-electron chi connectivity index (χ2n) is 9.72. The molecule has 41 heavy (non-hydrogen) atoms. The van der Waals surface area contributed by atoms with Gasteiger partial charge >= 0.3 is 18.1 Å².